The van der Waals surface area contributed by atoms with Crippen LogP contribution in [0.1, 0.15) is 35.2 Å². The smallest absolute Gasteiger partial charge is 0.254 e. The molecule has 0 saturated carbocycles. The van der Waals surface area contributed by atoms with Crippen LogP contribution in [0.15, 0.2) is 48.5 Å². The average Bonchev–Trinajstić information content (AvgIpc) is 2.55. The molecule has 0 heterocycles. The number of hydrogen-bond acceptors (Lipinski definition) is 2. The van der Waals surface area contributed by atoms with Crippen LogP contribution in [0.5, 0.6) is 0 Å². The molecule has 126 valence electrons. The third kappa shape index (κ3) is 4.59. The van der Waals surface area contributed by atoms with Gasteiger partial charge in [-0.05, 0) is 29.7 Å². The molecular weight excluding hydrogens is 324 g/mol. The summed E-state index contributed by atoms with van der Waals surface area (Å²) in [6.45, 7) is 2.01. The van der Waals surface area contributed by atoms with Crippen LogP contribution in [0.25, 0.3) is 0 Å². The molecule has 0 aliphatic rings. The van der Waals surface area contributed by atoms with E-state index in [4.69, 9.17) is 11.6 Å². The molecule has 5 heteroatoms. The molecule has 0 aromatic heterocycles. The Kier molecular flexibility index (Phi) is 5.99. The topological polar surface area (TPSA) is 49.4 Å². The Morgan fingerprint density at radius 2 is 1.79 bits per heavy atom. The summed E-state index contributed by atoms with van der Waals surface area (Å²) >= 11 is 6.15. The number of nitrogens with one attached hydrogen (secondary N) is 1. The lowest BCUT2D eigenvalue weighted by Crippen LogP contribution is -2.22. The van der Waals surface area contributed by atoms with Crippen LogP contribution in [0.2, 0.25) is 5.02 Å². The number of carbonyl (C=O) groups excluding carboxylic acids is 2. The highest BCUT2D eigenvalue weighted by Crippen LogP contribution is 2.23. The first kappa shape index (κ1) is 18.0. The molecule has 1 unspecified atom stereocenters. The maximum atomic E-state index is 12.2. The van der Waals surface area contributed by atoms with Crippen LogP contribution in [-0.2, 0) is 4.79 Å². The average molecular weight is 345 g/mol. The molecule has 4 nitrogen and oxygen atoms in total. The third-order valence-corrected chi connectivity index (χ3v) is 4.06. The first-order chi connectivity index (χ1) is 11.4. The predicted octanol–water partition coefficient (Wildman–Crippen LogP) is 4.17. The minimum Gasteiger partial charge on any atom is -0.345 e. The van der Waals surface area contributed by atoms with Gasteiger partial charge in [0.05, 0.1) is 10.6 Å². The standard InChI is InChI=1S/C19H21ClN2O2/c1-13(14-7-5-4-6-8-14)11-18(23)21-15-9-10-16(17(20)12-15)19(24)22(2)3/h4-10,12-13H,11H2,1-3H3,(H,21,23). The lowest BCUT2D eigenvalue weighted by atomic mass is 9.97. The SMILES string of the molecule is CC(CC(=O)Nc1ccc(C(=O)N(C)C)c(Cl)c1)c1ccccc1. The van der Waals surface area contributed by atoms with Gasteiger partial charge in [-0.2, -0.15) is 0 Å². The van der Waals surface area contributed by atoms with Gasteiger partial charge >= 0.3 is 0 Å². The fourth-order valence-corrected chi connectivity index (χ4v) is 2.66. The van der Waals surface area contributed by atoms with Crippen LogP contribution in [0.4, 0.5) is 5.69 Å². The summed E-state index contributed by atoms with van der Waals surface area (Å²) in [5, 5.41) is 3.15. The van der Waals surface area contributed by atoms with E-state index < -0.39 is 0 Å². The molecule has 2 aromatic rings. The van der Waals surface area contributed by atoms with E-state index in [1.54, 1.807) is 32.3 Å². The van der Waals surface area contributed by atoms with Crippen molar-refractivity contribution in [3.05, 3.63) is 64.7 Å². The van der Waals surface area contributed by atoms with E-state index in [0.29, 0.717) is 22.7 Å². The molecule has 0 fully saturated rings. The maximum Gasteiger partial charge on any atom is 0.254 e. The number of anilines is 1. The van der Waals surface area contributed by atoms with Crippen molar-refractivity contribution in [3.63, 3.8) is 0 Å². The second-order valence-corrected chi connectivity index (χ2v) is 6.37. The number of benzene rings is 2. The van der Waals surface area contributed by atoms with Crippen molar-refractivity contribution < 1.29 is 9.59 Å². The number of rotatable bonds is 5. The molecule has 0 saturated heterocycles. The lowest BCUT2D eigenvalue weighted by Gasteiger charge is -2.14. The van der Waals surface area contributed by atoms with E-state index >= 15 is 0 Å². The van der Waals surface area contributed by atoms with Crippen LogP contribution in [-0.4, -0.2) is 30.8 Å². The van der Waals surface area contributed by atoms with Crippen LogP contribution >= 0.6 is 11.6 Å². The van der Waals surface area contributed by atoms with Crippen molar-refractivity contribution in [1.29, 1.82) is 0 Å². The molecule has 0 radical (unpaired) electrons. The fourth-order valence-electron chi connectivity index (χ4n) is 2.40. The van der Waals surface area contributed by atoms with Gasteiger partial charge in [-0.3, -0.25) is 9.59 Å². The van der Waals surface area contributed by atoms with Gasteiger partial charge in [-0.25, -0.2) is 0 Å². The van der Waals surface area contributed by atoms with Crippen LogP contribution in [0, 0.1) is 0 Å². The Hall–Kier alpha value is -2.33. The molecule has 0 aliphatic carbocycles. The quantitative estimate of drug-likeness (QED) is 0.884. The Morgan fingerprint density at radius 1 is 1.12 bits per heavy atom. The second-order valence-electron chi connectivity index (χ2n) is 5.96. The minimum atomic E-state index is -0.171. The van der Waals surface area contributed by atoms with E-state index in [1.807, 2.05) is 37.3 Å². The zero-order chi connectivity index (χ0) is 17.7. The molecule has 1 atom stereocenters. The molecule has 2 aromatic carbocycles. The summed E-state index contributed by atoms with van der Waals surface area (Å²) in [5.41, 5.74) is 2.12. The summed E-state index contributed by atoms with van der Waals surface area (Å²) < 4.78 is 0. The highest BCUT2D eigenvalue weighted by Gasteiger charge is 2.15. The minimum absolute atomic E-state index is 0.0888. The van der Waals surface area contributed by atoms with Gasteiger partial charge in [0.15, 0.2) is 0 Å². The molecule has 2 rings (SSSR count). The van der Waals surface area contributed by atoms with Crippen molar-refractivity contribution in [1.82, 2.24) is 4.90 Å². The van der Waals surface area contributed by atoms with Gasteiger partial charge < -0.3 is 10.2 Å². The molecule has 0 spiro atoms. The maximum absolute atomic E-state index is 12.2. The van der Waals surface area contributed by atoms with E-state index in [1.165, 1.54) is 4.90 Å². The molecule has 2 amide bonds. The Balaban J connectivity index is 2.02. The zero-order valence-electron chi connectivity index (χ0n) is 14.0. The van der Waals surface area contributed by atoms with Gasteiger partial charge in [0.1, 0.15) is 0 Å². The van der Waals surface area contributed by atoms with Crippen molar-refractivity contribution in [3.8, 4) is 0 Å². The summed E-state index contributed by atoms with van der Waals surface area (Å²) in [6, 6.07) is 14.8. The van der Waals surface area contributed by atoms with Gasteiger partial charge in [0.2, 0.25) is 5.91 Å². The molecular formula is C19H21ClN2O2. The molecule has 24 heavy (non-hydrogen) atoms. The van der Waals surface area contributed by atoms with E-state index in [2.05, 4.69) is 5.32 Å². The van der Waals surface area contributed by atoms with Gasteiger partial charge in [-0.1, -0.05) is 48.9 Å². The molecule has 1 N–H and O–H groups in total. The number of carbonyl (C=O) groups is 2. The fraction of sp³-hybridized carbons (Fsp3) is 0.263. The summed E-state index contributed by atoms with van der Waals surface area (Å²) in [5.74, 6) is -0.138. The summed E-state index contributed by atoms with van der Waals surface area (Å²) in [7, 11) is 3.33. The Labute approximate surface area is 147 Å². The van der Waals surface area contributed by atoms with Gasteiger partial charge in [0, 0.05) is 26.2 Å². The molecule has 0 bridgehead atoms. The van der Waals surface area contributed by atoms with E-state index in [9.17, 15) is 9.59 Å². The Morgan fingerprint density at radius 3 is 2.38 bits per heavy atom. The van der Waals surface area contributed by atoms with Crippen LogP contribution in [0.3, 0.4) is 0 Å². The third-order valence-electron chi connectivity index (χ3n) is 3.75. The first-order valence-corrected chi connectivity index (χ1v) is 8.12. The zero-order valence-corrected chi connectivity index (χ0v) is 14.8. The van der Waals surface area contributed by atoms with Crippen molar-refractivity contribution >= 4 is 29.1 Å². The second kappa shape index (κ2) is 7.97. The number of nitrogens with zero attached hydrogens (tertiary/aromatic N) is 1. The summed E-state index contributed by atoms with van der Waals surface area (Å²) in [6.07, 6.45) is 0.375. The van der Waals surface area contributed by atoms with Gasteiger partial charge in [-0.15, -0.1) is 0 Å². The van der Waals surface area contributed by atoms with Crippen molar-refractivity contribution in [2.24, 2.45) is 0 Å². The molecule has 0 aliphatic heterocycles. The predicted molar refractivity (Wildman–Crippen MR) is 97.6 cm³/mol. The summed E-state index contributed by atoms with van der Waals surface area (Å²) in [4.78, 5) is 25.6. The van der Waals surface area contributed by atoms with E-state index in [0.717, 1.165) is 5.56 Å². The van der Waals surface area contributed by atoms with Crippen molar-refractivity contribution in [2.45, 2.75) is 19.3 Å². The first-order valence-electron chi connectivity index (χ1n) is 7.74. The monoisotopic (exact) mass is 344 g/mol. The number of hydrogen-bond donors (Lipinski definition) is 1. The van der Waals surface area contributed by atoms with Crippen molar-refractivity contribution in [2.75, 3.05) is 19.4 Å². The van der Waals surface area contributed by atoms with Crippen LogP contribution < -0.4 is 5.32 Å². The largest absolute Gasteiger partial charge is 0.345 e. The highest BCUT2D eigenvalue weighted by atomic mass is 35.5. The normalized spacial score (nSPS) is 11.7. The Bertz CT molecular complexity index is 729. The lowest BCUT2D eigenvalue weighted by molar-refractivity contribution is -0.116. The van der Waals surface area contributed by atoms with Gasteiger partial charge in [0.25, 0.3) is 5.91 Å². The highest BCUT2D eigenvalue weighted by molar-refractivity contribution is 6.34. The number of amides is 2. The number of halogens is 1. The van der Waals surface area contributed by atoms with E-state index in [-0.39, 0.29) is 17.7 Å².